The minimum atomic E-state index is -4.19. The Morgan fingerprint density at radius 2 is 2.08 bits per heavy atom. The molecule has 0 radical (unpaired) electrons. The van der Waals surface area contributed by atoms with Crippen LogP contribution in [0.1, 0.15) is 12.8 Å². The van der Waals surface area contributed by atoms with E-state index in [1.54, 1.807) is 0 Å². The highest BCUT2D eigenvalue weighted by molar-refractivity contribution is 7.90. The van der Waals surface area contributed by atoms with Gasteiger partial charge in [0.2, 0.25) is 20.0 Å². The number of nitrogens with two attached hydrogens (primary N) is 1. The summed E-state index contributed by atoms with van der Waals surface area (Å²) in [5.41, 5.74) is 0.172. The van der Waals surface area contributed by atoms with Gasteiger partial charge in [0, 0.05) is 6.54 Å². The van der Waals surface area contributed by atoms with Crippen molar-refractivity contribution in [3.05, 3.63) is 27.3 Å². The molecule has 1 heterocycles. The van der Waals surface area contributed by atoms with Gasteiger partial charge in [-0.2, -0.15) is 4.31 Å². The summed E-state index contributed by atoms with van der Waals surface area (Å²) in [6.07, 6.45) is 0.600. The third kappa shape index (κ3) is 4.49. The van der Waals surface area contributed by atoms with Crippen LogP contribution in [0.15, 0.2) is 21.9 Å². The van der Waals surface area contributed by atoms with E-state index in [-0.39, 0.29) is 41.8 Å². The second-order valence-corrected chi connectivity index (χ2v) is 8.95. The SMILES string of the molecule is NS(=O)(=O)c1cc2c(cc1Cl)NCN(CCCCO[N+](=O)[O-])S2(=O)=O. The van der Waals surface area contributed by atoms with Crippen molar-refractivity contribution in [2.75, 3.05) is 25.1 Å². The first kappa shape index (κ1) is 19.7. The van der Waals surface area contributed by atoms with Crippen LogP contribution < -0.4 is 10.5 Å². The minimum Gasteiger partial charge on any atom is -0.370 e. The van der Waals surface area contributed by atoms with Gasteiger partial charge in [0.15, 0.2) is 0 Å². The molecule has 1 aliphatic heterocycles. The Balaban J connectivity index is 2.20. The number of sulfonamides is 2. The van der Waals surface area contributed by atoms with Crippen molar-refractivity contribution in [3.63, 3.8) is 0 Å². The number of unbranched alkanes of at least 4 members (excludes halogenated alkanes) is 1. The highest BCUT2D eigenvalue weighted by atomic mass is 35.5. The summed E-state index contributed by atoms with van der Waals surface area (Å²) in [5.74, 6) is 0. The monoisotopic (exact) mass is 414 g/mol. The maximum absolute atomic E-state index is 12.6. The summed E-state index contributed by atoms with van der Waals surface area (Å²) in [6, 6.07) is 2.10. The van der Waals surface area contributed by atoms with Gasteiger partial charge in [-0.15, -0.1) is 10.1 Å². The molecule has 1 aromatic carbocycles. The van der Waals surface area contributed by atoms with Crippen molar-refractivity contribution in [2.45, 2.75) is 22.6 Å². The summed E-state index contributed by atoms with van der Waals surface area (Å²) in [5, 5.41) is 16.8. The number of benzene rings is 1. The van der Waals surface area contributed by atoms with Gasteiger partial charge < -0.3 is 10.2 Å². The largest absolute Gasteiger partial charge is 0.370 e. The number of rotatable bonds is 7. The van der Waals surface area contributed by atoms with E-state index in [1.807, 2.05) is 0 Å². The van der Waals surface area contributed by atoms with Gasteiger partial charge in [-0.1, -0.05) is 11.6 Å². The number of nitrogens with zero attached hydrogens (tertiary/aromatic N) is 2. The zero-order valence-electron chi connectivity index (χ0n) is 12.7. The number of hydrogen-bond acceptors (Lipinski definition) is 8. The van der Waals surface area contributed by atoms with Gasteiger partial charge in [0.1, 0.15) is 9.79 Å². The highest BCUT2D eigenvalue weighted by Crippen LogP contribution is 2.35. The quantitative estimate of drug-likeness (QED) is 0.366. The van der Waals surface area contributed by atoms with Crippen LogP contribution in [0.3, 0.4) is 0 Å². The van der Waals surface area contributed by atoms with Crippen molar-refractivity contribution < 1.29 is 26.8 Å². The Bertz CT molecular complexity index is 888. The lowest BCUT2D eigenvalue weighted by Crippen LogP contribution is -2.40. The third-order valence-corrected chi connectivity index (χ3v) is 6.66. The van der Waals surface area contributed by atoms with Crippen molar-refractivity contribution in [1.82, 2.24) is 4.31 Å². The zero-order valence-corrected chi connectivity index (χ0v) is 15.1. The number of halogens is 1. The topological polar surface area (TPSA) is 162 Å². The molecule has 0 saturated heterocycles. The second-order valence-electron chi connectivity index (χ2n) is 5.10. The number of hydrogen-bond donors (Lipinski definition) is 2. The molecule has 0 unspecified atom stereocenters. The minimum absolute atomic E-state index is 0.0452. The van der Waals surface area contributed by atoms with Gasteiger partial charge in [-0.05, 0) is 25.0 Å². The number of nitrogens with one attached hydrogen (secondary N) is 1. The van der Waals surface area contributed by atoms with E-state index in [9.17, 15) is 26.9 Å². The van der Waals surface area contributed by atoms with Crippen LogP contribution in [-0.4, -0.2) is 46.0 Å². The molecule has 1 aliphatic rings. The molecule has 0 bridgehead atoms. The Kier molecular flexibility index (Phi) is 5.73. The van der Waals surface area contributed by atoms with Crippen molar-refractivity contribution >= 4 is 37.3 Å². The zero-order chi connectivity index (χ0) is 18.8. The van der Waals surface area contributed by atoms with Crippen LogP contribution in [0.25, 0.3) is 0 Å². The summed E-state index contributed by atoms with van der Waals surface area (Å²) >= 11 is 5.84. The first-order chi connectivity index (χ1) is 11.5. The molecule has 140 valence electrons. The number of anilines is 1. The lowest BCUT2D eigenvalue weighted by molar-refractivity contribution is -0.757. The fourth-order valence-corrected chi connectivity index (χ4v) is 4.96. The second kappa shape index (κ2) is 7.29. The summed E-state index contributed by atoms with van der Waals surface area (Å²) in [6.45, 7) is -0.115. The lowest BCUT2D eigenvalue weighted by atomic mass is 10.3. The maximum atomic E-state index is 12.6. The van der Waals surface area contributed by atoms with Gasteiger partial charge >= 0.3 is 0 Å². The van der Waals surface area contributed by atoms with Crippen molar-refractivity contribution in [2.24, 2.45) is 5.14 Å². The highest BCUT2D eigenvalue weighted by Gasteiger charge is 2.33. The molecule has 3 N–H and O–H groups in total. The molecule has 25 heavy (non-hydrogen) atoms. The third-order valence-electron chi connectivity index (χ3n) is 3.40. The number of fused-ring (bicyclic) bond motifs is 1. The molecule has 2 rings (SSSR count). The van der Waals surface area contributed by atoms with Crippen LogP contribution in [-0.2, 0) is 24.9 Å². The Morgan fingerprint density at radius 1 is 1.40 bits per heavy atom. The van der Waals surface area contributed by atoms with Crippen LogP contribution in [0, 0.1) is 10.1 Å². The van der Waals surface area contributed by atoms with Crippen LogP contribution in [0.5, 0.6) is 0 Å². The van der Waals surface area contributed by atoms with Gasteiger partial charge in [0.05, 0.1) is 24.0 Å². The van der Waals surface area contributed by atoms with Gasteiger partial charge in [-0.25, -0.2) is 22.0 Å². The molecule has 1 aromatic rings. The molecule has 14 heteroatoms. The van der Waals surface area contributed by atoms with E-state index < -0.39 is 30.0 Å². The lowest BCUT2D eigenvalue weighted by Gasteiger charge is -2.29. The predicted molar refractivity (Wildman–Crippen MR) is 87.4 cm³/mol. The van der Waals surface area contributed by atoms with E-state index in [0.29, 0.717) is 6.42 Å². The normalized spacial score (nSPS) is 16.7. The standard InChI is InChI=1S/C11H15ClN4O7S2/c12-8-5-9-11(6-10(8)24(13,19)20)25(21,22)15(7-14-9)3-1-2-4-23-16(17)18/h5-6,14H,1-4,7H2,(H2,13,19,20). The summed E-state index contributed by atoms with van der Waals surface area (Å²) in [4.78, 5) is 13.4. The molecule has 0 aromatic heterocycles. The Labute approximate surface area is 148 Å². The molecule has 0 atom stereocenters. The van der Waals surface area contributed by atoms with E-state index in [1.165, 1.54) is 6.07 Å². The average molecular weight is 415 g/mol. The Morgan fingerprint density at radius 3 is 2.68 bits per heavy atom. The predicted octanol–water partition coefficient (Wildman–Crippen LogP) is 0.350. The van der Waals surface area contributed by atoms with Crippen molar-refractivity contribution in [1.29, 1.82) is 0 Å². The smallest absolute Gasteiger partial charge is 0.294 e. The molecular formula is C11H15ClN4O7S2. The molecule has 0 fully saturated rings. The summed E-state index contributed by atoms with van der Waals surface area (Å²) < 4.78 is 49.4. The maximum Gasteiger partial charge on any atom is 0.294 e. The van der Waals surface area contributed by atoms with E-state index in [0.717, 1.165) is 10.4 Å². The van der Waals surface area contributed by atoms with E-state index >= 15 is 0 Å². The molecule has 0 saturated carbocycles. The Hall–Kier alpha value is -1.67. The van der Waals surface area contributed by atoms with E-state index in [2.05, 4.69) is 10.2 Å². The van der Waals surface area contributed by atoms with Crippen molar-refractivity contribution in [3.8, 4) is 0 Å². The fourth-order valence-electron chi connectivity index (χ4n) is 2.23. The summed E-state index contributed by atoms with van der Waals surface area (Å²) in [7, 11) is -8.16. The fraction of sp³-hybridized carbons (Fsp3) is 0.455. The molecule has 0 aliphatic carbocycles. The first-order valence-corrected chi connectivity index (χ1v) is 10.3. The average Bonchev–Trinajstić information content (AvgIpc) is 2.46. The molecule has 0 amide bonds. The van der Waals surface area contributed by atoms with Gasteiger partial charge in [0.25, 0.3) is 5.09 Å². The van der Waals surface area contributed by atoms with Crippen LogP contribution in [0.4, 0.5) is 5.69 Å². The van der Waals surface area contributed by atoms with Crippen LogP contribution in [0.2, 0.25) is 5.02 Å². The van der Waals surface area contributed by atoms with Crippen LogP contribution >= 0.6 is 11.6 Å². The molecule has 11 nitrogen and oxygen atoms in total. The first-order valence-electron chi connectivity index (χ1n) is 6.91. The molecular weight excluding hydrogens is 400 g/mol. The molecule has 0 spiro atoms. The number of primary sulfonamides is 1. The van der Waals surface area contributed by atoms with Gasteiger partial charge in [-0.3, -0.25) is 0 Å². The van der Waals surface area contributed by atoms with E-state index in [4.69, 9.17) is 16.7 Å².